The van der Waals surface area contributed by atoms with Gasteiger partial charge in [0.15, 0.2) is 5.16 Å². The van der Waals surface area contributed by atoms with E-state index in [4.69, 9.17) is 37.7 Å². The van der Waals surface area contributed by atoms with Gasteiger partial charge in [0.25, 0.3) is 0 Å². The van der Waals surface area contributed by atoms with Crippen molar-refractivity contribution < 1.29 is 23.0 Å². The average Bonchev–Trinajstić information content (AvgIpc) is 3.25. The van der Waals surface area contributed by atoms with Crippen molar-refractivity contribution >= 4 is 40.9 Å². The van der Waals surface area contributed by atoms with Gasteiger partial charge in [0.05, 0.1) is 35.7 Å². The molecule has 0 bridgehead atoms. The highest BCUT2D eigenvalue weighted by molar-refractivity contribution is 7.98. The van der Waals surface area contributed by atoms with Crippen LogP contribution in [0.1, 0.15) is 53.6 Å². The number of aromatic nitrogens is 2. The van der Waals surface area contributed by atoms with Gasteiger partial charge in [-0.25, -0.2) is 18.6 Å². The zero-order chi connectivity index (χ0) is 29.2. The van der Waals surface area contributed by atoms with Gasteiger partial charge in [0.2, 0.25) is 0 Å². The number of thioether (sulfide) groups is 1. The monoisotopic (exact) mass is 604 g/mol. The summed E-state index contributed by atoms with van der Waals surface area (Å²) >= 11 is 14.0. The molecule has 3 aromatic carbocycles. The minimum atomic E-state index is -0.643. The van der Waals surface area contributed by atoms with E-state index in [9.17, 15) is 9.18 Å². The van der Waals surface area contributed by atoms with E-state index >= 15 is 4.39 Å². The van der Waals surface area contributed by atoms with Gasteiger partial charge >= 0.3 is 5.97 Å². The third-order valence-corrected chi connectivity index (χ3v) is 8.18. The predicted molar refractivity (Wildman–Crippen MR) is 155 cm³/mol. The molecule has 0 unspecified atom stereocenters. The maximum Gasteiger partial charge on any atom is 0.338 e. The molecule has 0 aliphatic rings. The molecule has 0 fully saturated rings. The highest BCUT2D eigenvalue weighted by atomic mass is 35.5. The van der Waals surface area contributed by atoms with Crippen molar-refractivity contribution in [3.05, 3.63) is 104 Å². The second kappa shape index (κ2) is 12.2. The second-order valence-corrected chi connectivity index (χ2v) is 11.3. The number of carbonyl (C=O) groups excluding carboxylic acids is 1. The Labute approximate surface area is 246 Å². The normalized spacial score (nSPS) is 11.5. The summed E-state index contributed by atoms with van der Waals surface area (Å²) in [6.07, 6.45) is 0. The Morgan fingerprint density at radius 1 is 1.05 bits per heavy atom. The summed E-state index contributed by atoms with van der Waals surface area (Å²) in [6.45, 7) is 7.85. The molecule has 0 aliphatic heterocycles. The van der Waals surface area contributed by atoms with Crippen LogP contribution >= 0.6 is 35.0 Å². The lowest BCUT2D eigenvalue weighted by atomic mass is 9.80. The number of ether oxygens (including phenoxy) is 2. The molecule has 1 heterocycles. The first-order chi connectivity index (χ1) is 19.0. The van der Waals surface area contributed by atoms with Crippen molar-refractivity contribution in [1.29, 1.82) is 0 Å². The number of benzene rings is 3. The molecule has 0 aliphatic carbocycles. The minimum Gasteiger partial charge on any atom is -0.495 e. The van der Waals surface area contributed by atoms with Crippen LogP contribution in [0.25, 0.3) is 5.69 Å². The summed E-state index contributed by atoms with van der Waals surface area (Å²) in [4.78, 5) is 16.9. The van der Waals surface area contributed by atoms with Crippen molar-refractivity contribution in [2.75, 3.05) is 13.7 Å². The van der Waals surface area contributed by atoms with Crippen LogP contribution in [0.3, 0.4) is 0 Å². The topological polar surface area (TPSA) is 53.4 Å². The second-order valence-electron chi connectivity index (χ2n) is 9.54. The first-order valence-electron chi connectivity index (χ1n) is 12.5. The van der Waals surface area contributed by atoms with Gasteiger partial charge in [-0.2, -0.15) is 0 Å². The van der Waals surface area contributed by atoms with Crippen molar-refractivity contribution in [2.24, 2.45) is 0 Å². The first kappa shape index (κ1) is 29.9. The molecular formula is C30H28Cl2F2N2O3S. The molecule has 0 amide bonds. The van der Waals surface area contributed by atoms with Crippen molar-refractivity contribution in [1.82, 2.24) is 9.55 Å². The molecule has 0 N–H and O–H groups in total. The van der Waals surface area contributed by atoms with Crippen molar-refractivity contribution in [2.45, 2.75) is 44.0 Å². The number of rotatable bonds is 9. The van der Waals surface area contributed by atoms with E-state index in [1.165, 1.54) is 30.0 Å². The number of imidazole rings is 1. The van der Waals surface area contributed by atoms with Gasteiger partial charge in [0, 0.05) is 27.4 Å². The van der Waals surface area contributed by atoms with E-state index in [0.29, 0.717) is 21.6 Å². The summed E-state index contributed by atoms with van der Waals surface area (Å²) in [5.41, 5.74) is 2.91. The molecule has 0 saturated heterocycles. The van der Waals surface area contributed by atoms with E-state index in [-0.39, 0.29) is 34.3 Å². The summed E-state index contributed by atoms with van der Waals surface area (Å²) in [7, 11) is 1.56. The number of hydrogen-bond acceptors (Lipinski definition) is 5. The summed E-state index contributed by atoms with van der Waals surface area (Å²) in [5.74, 6) is -0.943. The molecule has 0 radical (unpaired) electrons. The van der Waals surface area contributed by atoms with Crippen molar-refractivity contribution in [3.8, 4) is 11.4 Å². The van der Waals surface area contributed by atoms with Gasteiger partial charge < -0.3 is 9.47 Å². The molecule has 1 aromatic heterocycles. The SMILES string of the molecule is CCOC(=O)c1cc(F)c(CSc2nc(C)c(C(C)(C)c3ccc(Cl)c(OC)c3)n2-c2ccc(F)cc2)c(Cl)c1. The number of nitrogens with zero attached hydrogens (tertiary/aromatic N) is 2. The lowest BCUT2D eigenvalue weighted by Crippen LogP contribution is -2.24. The van der Waals surface area contributed by atoms with Crippen LogP contribution in [-0.2, 0) is 15.9 Å². The quantitative estimate of drug-likeness (QED) is 0.141. The predicted octanol–water partition coefficient (Wildman–Crippen LogP) is 8.57. The van der Waals surface area contributed by atoms with E-state index < -0.39 is 17.2 Å². The van der Waals surface area contributed by atoms with Gasteiger partial charge in [-0.1, -0.05) is 54.9 Å². The number of methoxy groups -OCH3 is 1. The van der Waals surface area contributed by atoms with Gasteiger partial charge in [-0.15, -0.1) is 0 Å². The molecule has 4 aromatic rings. The van der Waals surface area contributed by atoms with Crippen LogP contribution < -0.4 is 4.74 Å². The highest BCUT2D eigenvalue weighted by Crippen LogP contribution is 2.41. The third-order valence-electron chi connectivity index (χ3n) is 6.57. The van der Waals surface area contributed by atoms with E-state index in [0.717, 1.165) is 23.0 Å². The largest absolute Gasteiger partial charge is 0.495 e. The Balaban J connectivity index is 1.79. The minimum absolute atomic E-state index is 0.0455. The maximum atomic E-state index is 15.1. The van der Waals surface area contributed by atoms with Gasteiger partial charge in [-0.3, -0.25) is 4.57 Å². The van der Waals surface area contributed by atoms with E-state index in [1.54, 1.807) is 32.2 Å². The number of carbonyl (C=O) groups is 1. The number of aryl methyl sites for hydroxylation is 1. The fourth-order valence-electron chi connectivity index (χ4n) is 4.56. The zero-order valence-electron chi connectivity index (χ0n) is 22.6. The van der Waals surface area contributed by atoms with Crippen LogP contribution in [0, 0.1) is 18.6 Å². The Kier molecular flexibility index (Phi) is 9.12. The summed E-state index contributed by atoms with van der Waals surface area (Å²) < 4.78 is 41.3. The molecule has 5 nitrogen and oxygen atoms in total. The van der Waals surface area contributed by atoms with Crippen LogP contribution in [0.5, 0.6) is 5.75 Å². The van der Waals surface area contributed by atoms with E-state index in [2.05, 4.69) is 13.8 Å². The third kappa shape index (κ3) is 5.99. The van der Waals surface area contributed by atoms with Crippen LogP contribution in [0.15, 0.2) is 59.8 Å². The lowest BCUT2D eigenvalue weighted by Gasteiger charge is -2.29. The Morgan fingerprint density at radius 3 is 2.38 bits per heavy atom. The molecule has 40 heavy (non-hydrogen) atoms. The molecule has 4 rings (SSSR count). The van der Waals surface area contributed by atoms with Gasteiger partial charge in [-0.05, 0) is 67.9 Å². The Hall–Kier alpha value is -3.07. The average molecular weight is 606 g/mol. The molecule has 0 spiro atoms. The van der Waals surface area contributed by atoms with E-state index in [1.807, 2.05) is 23.6 Å². The number of esters is 1. The Morgan fingerprint density at radius 2 is 1.75 bits per heavy atom. The highest BCUT2D eigenvalue weighted by Gasteiger charge is 2.33. The zero-order valence-corrected chi connectivity index (χ0v) is 25.0. The smallest absolute Gasteiger partial charge is 0.338 e. The summed E-state index contributed by atoms with van der Waals surface area (Å²) in [5, 5.41) is 1.17. The molecule has 10 heteroatoms. The van der Waals surface area contributed by atoms with Crippen LogP contribution in [0.4, 0.5) is 8.78 Å². The first-order valence-corrected chi connectivity index (χ1v) is 14.2. The van der Waals surface area contributed by atoms with Crippen LogP contribution in [0.2, 0.25) is 10.0 Å². The molecule has 0 saturated carbocycles. The molecular weight excluding hydrogens is 577 g/mol. The number of halogens is 4. The Bertz CT molecular complexity index is 1530. The standard InChI is InChI=1S/C30H28Cl2F2N2O3S/c1-6-39-28(37)18-13-24(32)22(25(34)14-18)16-40-29-35-17(2)27(36(29)21-10-8-20(33)9-11-21)30(3,4)19-7-12-23(31)26(15-19)38-5/h7-15H,6,16H2,1-5H3. The summed E-state index contributed by atoms with van der Waals surface area (Å²) in [6, 6.07) is 14.2. The van der Waals surface area contributed by atoms with Crippen LogP contribution in [-0.4, -0.2) is 29.2 Å². The number of hydrogen-bond donors (Lipinski definition) is 0. The fraction of sp³-hybridized carbons (Fsp3) is 0.267. The van der Waals surface area contributed by atoms with Crippen molar-refractivity contribution in [3.63, 3.8) is 0 Å². The lowest BCUT2D eigenvalue weighted by molar-refractivity contribution is 0.0525. The molecule has 210 valence electrons. The van der Waals surface area contributed by atoms with Gasteiger partial charge in [0.1, 0.15) is 17.4 Å². The fourth-order valence-corrected chi connectivity index (χ4v) is 6.20. The maximum absolute atomic E-state index is 15.1. The molecule has 0 atom stereocenters.